The summed E-state index contributed by atoms with van der Waals surface area (Å²) < 4.78 is 1.21. The highest BCUT2D eigenvalue weighted by atomic mass is 128. The highest BCUT2D eigenvalue weighted by Gasteiger charge is 2.35. The van der Waals surface area contributed by atoms with Gasteiger partial charge in [0.15, 0.2) is 0 Å². The predicted octanol–water partition coefficient (Wildman–Crippen LogP) is 4.35. The van der Waals surface area contributed by atoms with Gasteiger partial charge in [0, 0.05) is 73.8 Å². The fourth-order valence-electron chi connectivity index (χ4n) is 1.52. The van der Waals surface area contributed by atoms with E-state index in [1.807, 2.05) is 7.05 Å². The van der Waals surface area contributed by atoms with Crippen molar-refractivity contribution in [1.29, 1.82) is 0 Å². The van der Waals surface area contributed by atoms with Gasteiger partial charge in [-0.2, -0.15) is 0 Å². The largest absolute Gasteiger partial charge is 1.00 e. The molecule has 0 bridgehead atoms. The minimum atomic E-state index is 0. The van der Waals surface area contributed by atoms with Crippen LogP contribution in [0.25, 0.3) is 0 Å². The highest BCUT2D eigenvalue weighted by Crippen LogP contribution is 2.15. The van der Waals surface area contributed by atoms with Crippen molar-refractivity contribution in [2.45, 2.75) is 19.8 Å². The van der Waals surface area contributed by atoms with E-state index in [9.17, 15) is 0 Å². The maximum absolute atomic E-state index is 5.51. The van der Waals surface area contributed by atoms with Gasteiger partial charge in [-0.25, -0.2) is 0 Å². The molecule has 0 aromatic carbocycles. The molecule has 1 fully saturated rings. The molecule has 0 unspecified atom stereocenters. The Morgan fingerprint density at radius 1 is 0.852 bits per heavy atom. The summed E-state index contributed by atoms with van der Waals surface area (Å²) in [6, 6.07) is 0. The standard InChI is InChI=1S/C6H12Cl2.C5H11Cl2N.C5H11ClN.ClH.I2.HI/c1-6(2-4-7)3-5-8;1-8(4-2-6)5-3-7;1-7(3-2-6)4-5-7;;1-2;/h6H,2-5H2,1H3;2-5H2,1H3;2-5H2,1H3;1H;;1H/q;;+1;;;/p-1. The van der Waals surface area contributed by atoms with Crippen LogP contribution in [-0.2, 0) is 0 Å². The third-order valence-corrected chi connectivity index (χ3v) is 4.69. The zero-order chi connectivity index (χ0) is 20.1. The number of hydrogen-bond acceptors (Lipinski definition) is 1. The minimum absolute atomic E-state index is 0. The molecule has 0 radical (unpaired) electrons. The number of nitrogens with zero attached hydrogens (tertiary/aromatic N) is 2. The fraction of sp³-hybridized carbons (Fsp3) is 1.00. The molecule has 1 saturated heterocycles. The van der Waals surface area contributed by atoms with Gasteiger partial charge >= 0.3 is 0 Å². The van der Waals surface area contributed by atoms with E-state index in [1.165, 1.54) is 17.6 Å². The summed E-state index contributed by atoms with van der Waals surface area (Å²) in [5.41, 5.74) is 0. The summed E-state index contributed by atoms with van der Waals surface area (Å²) in [4.78, 5) is 2.10. The molecule has 0 atom stereocenters. The Bertz CT molecular complexity index is 230. The van der Waals surface area contributed by atoms with Crippen LogP contribution >= 0.6 is 119 Å². The number of halogens is 9. The number of likely N-dealkylation sites (N-methyl/N-ethyl adjacent to an activating group) is 1. The van der Waals surface area contributed by atoms with E-state index in [-0.39, 0.29) is 36.4 Å². The van der Waals surface area contributed by atoms with Crippen LogP contribution in [0.1, 0.15) is 19.8 Å². The van der Waals surface area contributed by atoms with Crippen LogP contribution < -0.4 is 12.4 Å². The molecule has 2 nitrogen and oxygen atoms in total. The second-order valence-corrected chi connectivity index (χ2v) is 8.11. The van der Waals surface area contributed by atoms with Crippen molar-refractivity contribution in [2.24, 2.45) is 5.92 Å². The average Bonchev–Trinajstić information content (AvgIpc) is 3.29. The summed E-state index contributed by atoms with van der Waals surface area (Å²) in [7, 11) is 4.24. The first-order valence-electron chi connectivity index (χ1n) is 8.35. The fourth-order valence-corrected chi connectivity index (χ4v) is 3.25. The molecule has 0 aromatic heterocycles. The molecule has 0 amide bonds. The molecule has 27 heavy (non-hydrogen) atoms. The van der Waals surface area contributed by atoms with Crippen molar-refractivity contribution in [3.05, 3.63) is 0 Å². The van der Waals surface area contributed by atoms with E-state index < -0.39 is 0 Å². The molecular weight excluding hydrogens is 814 g/mol. The summed E-state index contributed by atoms with van der Waals surface area (Å²) in [5.74, 6) is 4.41. The lowest BCUT2D eigenvalue weighted by Gasteiger charge is -2.11. The SMILES string of the molecule is CC(CCCl)CCCl.CN(CCCl)CCCl.C[N+]1(CCCl)CC1.I.II.[Cl-]. The Morgan fingerprint density at radius 3 is 1.41 bits per heavy atom. The third-order valence-electron chi connectivity index (χ3n) is 3.75. The van der Waals surface area contributed by atoms with Gasteiger partial charge in [-0.1, -0.05) is 6.92 Å². The Hall–Kier alpha value is 3.85. The topological polar surface area (TPSA) is 3.24 Å². The molecule has 1 rings (SSSR count). The van der Waals surface area contributed by atoms with Crippen LogP contribution in [0, 0.1) is 5.92 Å². The maximum Gasteiger partial charge on any atom is 0.128 e. The number of quaternary nitrogens is 1. The lowest BCUT2D eigenvalue weighted by molar-refractivity contribution is -0.774. The number of alkyl halides is 5. The van der Waals surface area contributed by atoms with Crippen molar-refractivity contribution in [2.75, 3.05) is 76.2 Å². The smallest absolute Gasteiger partial charge is 0.128 e. The van der Waals surface area contributed by atoms with Gasteiger partial charge in [-0.3, -0.25) is 0 Å². The van der Waals surface area contributed by atoms with Crippen LogP contribution in [0.3, 0.4) is 0 Å². The van der Waals surface area contributed by atoms with Gasteiger partial charge < -0.3 is 21.8 Å². The van der Waals surface area contributed by atoms with Crippen molar-refractivity contribution in [3.8, 4) is 0 Å². The Balaban J connectivity index is -0.0000000826. The normalized spacial score (nSPS) is 12.9. The lowest BCUT2D eigenvalue weighted by atomic mass is 10.1. The monoisotopic (exact) mass is 846 g/mol. The number of rotatable bonds is 10. The molecule has 0 aliphatic carbocycles. The van der Waals surface area contributed by atoms with Gasteiger partial charge in [0.1, 0.15) is 13.1 Å². The molecule has 0 N–H and O–H groups in total. The first-order valence-corrected chi connectivity index (χ1v) is 17.3. The average molecular weight is 849 g/mol. The molecule has 0 saturated carbocycles. The van der Waals surface area contributed by atoms with Gasteiger partial charge in [0.2, 0.25) is 0 Å². The summed E-state index contributed by atoms with van der Waals surface area (Å²) >= 11 is 31.6. The first kappa shape index (κ1) is 41.1. The zero-order valence-corrected chi connectivity index (χ0v) is 27.6. The Labute approximate surface area is 239 Å². The van der Waals surface area contributed by atoms with Crippen LogP contribution in [0.15, 0.2) is 0 Å². The molecule has 0 spiro atoms. The van der Waals surface area contributed by atoms with Gasteiger partial charge in [-0.05, 0) is 25.8 Å². The molecule has 1 aliphatic rings. The quantitative estimate of drug-likeness (QED) is 0.137. The predicted molar refractivity (Wildman–Crippen MR) is 154 cm³/mol. The van der Waals surface area contributed by atoms with Crippen LogP contribution in [-0.4, -0.2) is 85.6 Å². The molecule has 172 valence electrons. The van der Waals surface area contributed by atoms with E-state index in [4.69, 9.17) is 58.0 Å². The molecule has 1 heterocycles. The molecule has 11 heteroatoms. The first-order chi connectivity index (χ1) is 11.9. The van der Waals surface area contributed by atoms with E-state index in [0.717, 1.165) is 50.1 Å². The van der Waals surface area contributed by atoms with E-state index in [0.29, 0.717) is 17.7 Å². The molecule has 1 aliphatic heterocycles. The molecule has 0 aromatic rings. The number of hydrogen-bond donors (Lipinski definition) is 0. The van der Waals surface area contributed by atoms with Gasteiger partial charge in [-0.15, -0.1) is 82.0 Å². The summed E-state index contributed by atoms with van der Waals surface area (Å²) in [5, 5.41) is 0. The minimum Gasteiger partial charge on any atom is -1.00 e. The zero-order valence-electron chi connectivity index (χ0n) is 16.4. The van der Waals surface area contributed by atoms with Crippen molar-refractivity contribution < 1.29 is 16.9 Å². The van der Waals surface area contributed by atoms with Crippen molar-refractivity contribution in [3.63, 3.8) is 0 Å². The Morgan fingerprint density at radius 2 is 1.22 bits per heavy atom. The second kappa shape index (κ2) is 32.0. The Kier molecular flexibility index (Phi) is 48.8. The third kappa shape index (κ3) is 37.5. The van der Waals surface area contributed by atoms with Crippen molar-refractivity contribution in [1.82, 2.24) is 4.90 Å². The summed E-state index contributed by atoms with van der Waals surface area (Å²) in [6.45, 7) is 7.86. The van der Waals surface area contributed by atoms with Crippen LogP contribution in [0.2, 0.25) is 0 Å². The van der Waals surface area contributed by atoms with Gasteiger partial charge in [0.05, 0.1) is 19.5 Å². The van der Waals surface area contributed by atoms with Crippen LogP contribution in [0.4, 0.5) is 0 Å². The lowest BCUT2D eigenvalue weighted by Crippen LogP contribution is -3.00. The maximum atomic E-state index is 5.51. The van der Waals surface area contributed by atoms with E-state index in [2.05, 4.69) is 56.1 Å². The second-order valence-electron chi connectivity index (χ2n) is 6.22. The van der Waals surface area contributed by atoms with Crippen LogP contribution in [0.5, 0.6) is 0 Å². The van der Waals surface area contributed by atoms with Crippen molar-refractivity contribution >= 4 is 119 Å². The van der Waals surface area contributed by atoms with E-state index >= 15 is 0 Å². The van der Waals surface area contributed by atoms with E-state index in [1.54, 1.807) is 0 Å². The highest BCUT2D eigenvalue weighted by molar-refractivity contribution is 15.0. The molecular formula is C16H35Cl6I3N2. The van der Waals surface area contributed by atoms with Gasteiger partial charge in [0.25, 0.3) is 0 Å². The summed E-state index contributed by atoms with van der Waals surface area (Å²) in [6.07, 6.45) is 2.18.